The highest BCUT2D eigenvalue weighted by Crippen LogP contribution is 2.29. The van der Waals surface area contributed by atoms with Crippen molar-refractivity contribution < 1.29 is 19.0 Å². The van der Waals surface area contributed by atoms with E-state index >= 15 is 0 Å². The lowest BCUT2D eigenvalue weighted by Crippen LogP contribution is -2.24. The van der Waals surface area contributed by atoms with Crippen LogP contribution in [0.3, 0.4) is 0 Å². The Morgan fingerprint density at radius 1 is 0.943 bits per heavy atom. The van der Waals surface area contributed by atoms with Crippen LogP contribution in [0.25, 0.3) is 5.69 Å². The van der Waals surface area contributed by atoms with Gasteiger partial charge in [-0.1, -0.05) is 48.2 Å². The SMILES string of the molecule is COc1ccc(-n2nnnc2SCC(=O)NCc2ccc(OCc3ccccc3)c(OC)c2)cc1. The standard InChI is InChI=1S/C25H25N5O4S/c1-32-21-11-9-20(10-12-21)30-25(27-28-29-30)35-17-24(31)26-15-19-8-13-22(23(14-19)33-2)34-16-18-6-4-3-5-7-18/h3-14H,15-17H2,1-2H3,(H,26,31). The number of benzene rings is 3. The van der Waals surface area contributed by atoms with Crippen molar-refractivity contribution >= 4 is 17.7 Å². The smallest absolute Gasteiger partial charge is 0.230 e. The highest BCUT2D eigenvalue weighted by molar-refractivity contribution is 7.99. The van der Waals surface area contributed by atoms with Gasteiger partial charge in [0.1, 0.15) is 12.4 Å². The molecule has 1 N–H and O–H groups in total. The molecule has 4 rings (SSSR count). The first-order valence-corrected chi connectivity index (χ1v) is 11.8. The highest BCUT2D eigenvalue weighted by atomic mass is 32.2. The van der Waals surface area contributed by atoms with Gasteiger partial charge in [0, 0.05) is 6.54 Å². The molecular formula is C25H25N5O4S. The van der Waals surface area contributed by atoms with Gasteiger partial charge >= 0.3 is 0 Å². The summed E-state index contributed by atoms with van der Waals surface area (Å²) >= 11 is 1.26. The zero-order valence-corrected chi connectivity index (χ0v) is 20.2. The lowest BCUT2D eigenvalue weighted by molar-refractivity contribution is -0.118. The Labute approximate surface area is 207 Å². The average molecular weight is 492 g/mol. The monoisotopic (exact) mass is 491 g/mol. The van der Waals surface area contributed by atoms with Crippen LogP contribution < -0.4 is 19.5 Å². The second-order valence-corrected chi connectivity index (χ2v) is 8.34. The van der Waals surface area contributed by atoms with Gasteiger partial charge in [-0.25, -0.2) is 0 Å². The largest absolute Gasteiger partial charge is 0.497 e. The molecule has 1 amide bonds. The molecule has 0 spiro atoms. The first-order valence-electron chi connectivity index (χ1n) is 10.8. The van der Waals surface area contributed by atoms with Crippen molar-refractivity contribution in [1.29, 1.82) is 0 Å². The molecule has 0 radical (unpaired) electrons. The van der Waals surface area contributed by atoms with Crippen LogP contribution in [0.1, 0.15) is 11.1 Å². The normalized spacial score (nSPS) is 10.6. The van der Waals surface area contributed by atoms with Gasteiger partial charge in [0.15, 0.2) is 11.5 Å². The summed E-state index contributed by atoms with van der Waals surface area (Å²) in [5.41, 5.74) is 2.75. The zero-order valence-electron chi connectivity index (χ0n) is 19.4. The number of hydrogen-bond donors (Lipinski definition) is 1. The van der Waals surface area contributed by atoms with Crippen molar-refractivity contribution in [3.05, 3.63) is 83.9 Å². The number of amides is 1. The van der Waals surface area contributed by atoms with E-state index in [1.807, 2.05) is 72.8 Å². The van der Waals surface area contributed by atoms with Crippen LogP contribution in [0.5, 0.6) is 17.2 Å². The fourth-order valence-corrected chi connectivity index (χ4v) is 3.93. The van der Waals surface area contributed by atoms with E-state index in [4.69, 9.17) is 14.2 Å². The molecule has 0 aliphatic rings. The summed E-state index contributed by atoms with van der Waals surface area (Å²) in [6.45, 7) is 0.804. The van der Waals surface area contributed by atoms with Crippen molar-refractivity contribution in [3.63, 3.8) is 0 Å². The number of thioether (sulfide) groups is 1. The second-order valence-electron chi connectivity index (χ2n) is 7.40. The molecule has 35 heavy (non-hydrogen) atoms. The fourth-order valence-electron chi connectivity index (χ4n) is 3.21. The van der Waals surface area contributed by atoms with E-state index in [1.54, 1.807) is 18.9 Å². The summed E-state index contributed by atoms with van der Waals surface area (Å²) in [4.78, 5) is 12.4. The first-order chi connectivity index (χ1) is 17.2. The maximum Gasteiger partial charge on any atom is 0.230 e. The van der Waals surface area contributed by atoms with E-state index in [1.165, 1.54) is 11.8 Å². The number of tetrazole rings is 1. The van der Waals surface area contributed by atoms with Crippen molar-refractivity contribution in [2.45, 2.75) is 18.3 Å². The number of rotatable bonds is 11. The van der Waals surface area contributed by atoms with Crippen molar-refractivity contribution in [1.82, 2.24) is 25.5 Å². The minimum Gasteiger partial charge on any atom is -0.497 e. The highest BCUT2D eigenvalue weighted by Gasteiger charge is 2.12. The summed E-state index contributed by atoms with van der Waals surface area (Å²) in [7, 11) is 3.20. The van der Waals surface area contributed by atoms with Gasteiger partial charge in [-0.2, -0.15) is 4.68 Å². The molecule has 0 aliphatic carbocycles. The van der Waals surface area contributed by atoms with Crippen LogP contribution in [-0.4, -0.2) is 46.1 Å². The maximum absolute atomic E-state index is 12.4. The average Bonchev–Trinajstić information content (AvgIpc) is 3.39. The van der Waals surface area contributed by atoms with Gasteiger partial charge in [0.05, 0.1) is 25.7 Å². The van der Waals surface area contributed by atoms with E-state index < -0.39 is 0 Å². The molecule has 9 nitrogen and oxygen atoms in total. The number of methoxy groups -OCH3 is 2. The van der Waals surface area contributed by atoms with Gasteiger partial charge < -0.3 is 19.5 Å². The fraction of sp³-hybridized carbons (Fsp3) is 0.200. The van der Waals surface area contributed by atoms with Gasteiger partial charge in [-0.3, -0.25) is 4.79 Å². The predicted molar refractivity (Wildman–Crippen MR) is 132 cm³/mol. The molecule has 0 unspecified atom stereocenters. The molecule has 0 atom stereocenters. The number of hydrogen-bond acceptors (Lipinski definition) is 8. The third kappa shape index (κ3) is 6.51. The van der Waals surface area contributed by atoms with Crippen LogP contribution in [0.2, 0.25) is 0 Å². The Morgan fingerprint density at radius 3 is 2.49 bits per heavy atom. The Hall–Kier alpha value is -4.05. The minimum absolute atomic E-state index is 0.136. The molecule has 0 aliphatic heterocycles. The summed E-state index contributed by atoms with van der Waals surface area (Å²) in [5, 5.41) is 15.2. The summed E-state index contributed by atoms with van der Waals surface area (Å²) in [6, 6.07) is 22.9. The summed E-state index contributed by atoms with van der Waals surface area (Å²) in [6.07, 6.45) is 0. The van der Waals surface area contributed by atoms with E-state index in [9.17, 15) is 4.79 Å². The Balaban J connectivity index is 1.29. The Kier molecular flexibility index (Phi) is 8.18. The summed E-state index contributed by atoms with van der Waals surface area (Å²) < 4.78 is 18.1. The molecule has 180 valence electrons. The molecule has 0 saturated heterocycles. The molecule has 0 bridgehead atoms. The van der Waals surface area contributed by atoms with Crippen LogP contribution in [0.4, 0.5) is 0 Å². The molecule has 4 aromatic rings. The third-order valence-electron chi connectivity index (χ3n) is 5.05. The van der Waals surface area contributed by atoms with E-state index in [0.717, 1.165) is 22.6 Å². The molecule has 3 aromatic carbocycles. The molecule has 1 heterocycles. The number of aromatic nitrogens is 4. The molecular weight excluding hydrogens is 466 g/mol. The Morgan fingerprint density at radius 2 is 1.74 bits per heavy atom. The van der Waals surface area contributed by atoms with Crippen molar-refractivity contribution in [3.8, 4) is 22.9 Å². The number of carbonyl (C=O) groups excluding carboxylic acids is 1. The van der Waals surface area contributed by atoms with Crippen molar-refractivity contribution in [2.24, 2.45) is 0 Å². The van der Waals surface area contributed by atoms with Crippen LogP contribution >= 0.6 is 11.8 Å². The second kappa shape index (κ2) is 11.9. The van der Waals surface area contributed by atoms with Crippen LogP contribution in [0.15, 0.2) is 78.0 Å². The van der Waals surface area contributed by atoms with E-state index in [-0.39, 0.29) is 11.7 Å². The topological polar surface area (TPSA) is 100 Å². The van der Waals surface area contributed by atoms with Crippen molar-refractivity contribution in [2.75, 3.05) is 20.0 Å². The minimum atomic E-state index is -0.136. The number of ether oxygens (including phenoxy) is 3. The maximum atomic E-state index is 12.4. The third-order valence-corrected chi connectivity index (χ3v) is 5.96. The summed E-state index contributed by atoms with van der Waals surface area (Å²) in [5.74, 6) is 2.03. The quantitative estimate of drug-likeness (QED) is 0.317. The van der Waals surface area contributed by atoms with E-state index in [2.05, 4.69) is 20.8 Å². The van der Waals surface area contributed by atoms with Gasteiger partial charge in [0.25, 0.3) is 0 Å². The van der Waals surface area contributed by atoms with Gasteiger partial charge in [-0.15, -0.1) is 5.10 Å². The number of carbonyl (C=O) groups is 1. The van der Waals surface area contributed by atoms with Crippen LogP contribution in [0, 0.1) is 0 Å². The lowest BCUT2D eigenvalue weighted by atomic mass is 10.2. The molecule has 10 heteroatoms. The Bertz CT molecular complexity index is 1250. The van der Waals surface area contributed by atoms with E-state index in [0.29, 0.717) is 29.8 Å². The molecule has 0 fully saturated rings. The van der Waals surface area contributed by atoms with Gasteiger partial charge in [0.2, 0.25) is 11.1 Å². The molecule has 0 saturated carbocycles. The zero-order chi connectivity index (χ0) is 24.5. The first kappa shape index (κ1) is 24.1. The lowest BCUT2D eigenvalue weighted by Gasteiger charge is -2.13. The molecule has 1 aromatic heterocycles. The predicted octanol–water partition coefficient (Wildman–Crippen LogP) is 3.67. The van der Waals surface area contributed by atoms with Crippen LogP contribution in [-0.2, 0) is 17.9 Å². The van der Waals surface area contributed by atoms with Gasteiger partial charge in [-0.05, 0) is 58.0 Å². The number of nitrogens with zero attached hydrogens (tertiary/aromatic N) is 4. The number of nitrogens with one attached hydrogen (secondary N) is 1.